The molecule has 17 heavy (non-hydrogen) atoms. The van der Waals surface area contributed by atoms with Crippen molar-refractivity contribution in [2.75, 3.05) is 6.54 Å². The van der Waals surface area contributed by atoms with Crippen LogP contribution in [-0.4, -0.2) is 17.7 Å². The van der Waals surface area contributed by atoms with Gasteiger partial charge in [-0.1, -0.05) is 31.9 Å². The maximum Gasteiger partial charge on any atom is 0.115 e. The fraction of sp³-hybridized carbons (Fsp3) is 0.600. The summed E-state index contributed by atoms with van der Waals surface area (Å²) in [6.07, 6.45) is 6.33. The topological polar surface area (TPSA) is 32.3 Å². The van der Waals surface area contributed by atoms with Gasteiger partial charge in [-0.3, -0.25) is 0 Å². The lowest BCUT2D eigenvalue weighted by atomic mass is 9.80. The maximum absolute atomic E-state index is 9.59. The predicted molar refractivity (Wildman–Crippen MR) is 71.4 cm³/mol. The van der Waals surface area contributed by atoms with Crippen LogP contribution in [0.2, 0.25) is 0 Å². The van der Waals surface area contributed by atoms with E-state index in [4.69, 9.17) is 0 Å². The molecule has 0 radical (unpaired) electrons. The predicted octanol–water partition coefficient (Wildman–Crippen LogP) is 3.42. The molecule has 2 nitrogen and oxygen atoms in total. The second-order valence-electron chi connectivity index (χ2n) is 5.05. The second kappa shape index (κ2) is 6.06. The molecule has 1 aromatic rings. The Balaban J connectivity index is 2.10. The van der Waals surface area contributed by atoms with Crippen molar-refractivity contribution in [2.45, 2.75) is 51.0 Å². The van der Waals surface area contributed by atoms with Gasteiger partial charge in [0.1, 0.15) is 5.75 Å². The van der Waals surface area contributed by atoms with Crippen LogP contribution in [0.1, 0.15) is 50.5 Å². The Morgan fingerprint density at radius 2 is 2.12 bits per heavy atom. The first-order valence-electron chi connectivity index (χ1n) is 6.83. The van der Waals surface area contributed by atoms with Gasteiger partial charge in [-0.05, 0) is 49.4 Å². The Bertz CT molecular complexity index is 351. The summed E-state index contributed by atoms with van der Waals surface area (Å²) in [5.74, 6) is 0.963. The Morgan fingerprint density at radius 3 is 2.88 bits per heavy atom. The minimum absolute atomic E-state index is 0.391. The zero-order chi connectivity index (χ0) is 12.1. The van der Waals surface area contributed by atoms with E-state index in [1.807, 2.05) is 12.1 Å². The number of aromatic hydroxyl groups is 1. The van der Waals surface area contributed by atoms with Gasteiger partial charge in [0, 0.05) is 6.04 Å². The van der Waals surface area contributed by atoms with Crippen LogP contribution >= 0.6 is 0 Å². The Morgan fingerprint density at radius 1 is 1.29 bits per heavy atom. The van der Waals surface area contributed by atoms with Crippen molar-refractivity contribution in [3.63, 3.8) is 0 Å². The SMILES string of the molecule is CCCN[C@H]1CCCC[C@H]1c1cccc(O)c1. The molecule has 2 rings (SSSR count). The Labute approximate surface area is 104 Å². The van der Waals surface area contributed by atoms with Gasteiger partial charge in [0.15, 0.2) is 0 Å². The third kappa shape index (κ3) is 3.22. The second-order valence-corrected chi connectivity index (χ2v) is 5.05. The highest BCUT2D eigenvalue weighted by molar-refractivity contribution is 5.31. The van der Waals surface area contributed by atoms with Crippen molar-refractivity contribution >= 4 is 0 Å². The molecule has 0 bridgehead atoms. The molecular formula is C15H23NO. The summed E-state index contributed by atoms with van der Waals surface area (Å²) in [5, 5.41) is 13.2. The molecule has 2 N–H and O–H groups in total. The molecule has 1 aliphatic rings. The molecule has 0 aliphatic heterocycles. The molecule has 0 spiro atoms. The van der Waals surface area contributed by atoms with Gasteiger partial charge in [0.2, 0.25) is 0 Å². The van der Waals surface area contributed by atoms with Crippen LogP contribution in [0.3, 0.4) is 0 Å². The molecule has 0 aromatic heterocycles. The highest BCUT2D eigenvalue weighted by Crippen LogP contribution is 2.34. The number of hydrogen-bond donors (Lipinski definition) is 2. The van der Waals surface area contributed by atoms with Crippen molar-refractivity contribution in [2.24, 2.45) is 0 Å². The minimum atomic E-state index is 0.391. The van der Waals surface area contributed by atoms with Crippen molar-refractivity contribution in [3.05, 3.63) is 29.8 Å². The van der Waals surface area contributed by atoms with Crippen LogP contribution in [0.25, 0.3) is 0 Å². The molecule has 2 heteroatoms. The van der Waals surface area contributed by atoms with E-state index in [-0.39, 0.29) is 0 Å². The zero-order valence-electron chi connectivity index (χ0n) is 10.7. The molecule has 2 atom stereocenters. The normalized spacial score (nSPS) is 24.8. The minimum Gasteiger partial charge on any atom is -0.508 e. The average Bonchev–Trinajstić information content (AvgIpc) is 2.37. The summed E-state index contributed by atoms with van der Waals surface area (Å²) in [6, 6.07) is 8.37. The molecule has 0 heterocycles. The van der Waals surface area contributed by atoms with E-state index < -0.39 is 0 Å². The third-order valence-corrected chi connectivity index (χ3v) is 3.72. The summed E-state index contributed by atoms with van der Waals surface area (Å²) in [6.45, 7) is 3.30. The number of phenolic OH excluding ortho intramolecular Hbond substituents is 1. The van der Waals surface area contributed by atoms with Crippen molar-refractivity contribution in [1.29, 1.82) is 0 Å². The highest BCUT2D eigenvalue weighted by Gasteiger charge is 2.25. The van der Waals surface area contributed by atoms with Gasteiger partial charge in [-0.25, -0.2) is 0 Å². The molecule has 0 amide bonds. The monoisotopic (exact) mass is 233 g/mol. The summed E-state index contributed by atoms with van der Waals surface area (Å²) >= 11 is 0. The Hall–Kier alpha value is -1.02. The van der Waals surface area contributed by atoms with Crippen LogP contribution in [0, 0.1) is 0 Å². The maximum atomic E-state index is 9.59. The van der Waals surface area contributed by atoms with Gasteiger partial charge in [-0.2, -0.15) is 0 Å². The first kappa shape index (κ1) is 12.4. The molecular weight excluding hydrogens is 210 g/mol. The zero-order valence-corrected chi connectivity index (χ0v) is 10.7. The lowest BCUT2D eigenvalue weighted by molar-refractivity contribution is 0.327. The van der Waals surface area contributed by atoms with E-state index in [9.17, 15) is 5.11 Å². The lowest BCUT2D eigenvalue weighted by Gasteiger charge is -2.32. The average molecular weight is 233 g/mol. The van der Waals surface area contributed by atoms with E-state index in [1.165, 1.54) is 37.7 Å². The molecule has 1 saturated carbocycles. The summed E-state index contributed by atoms with van der Waals surface area (Å²) in [5.41, 5.74) is 1.29. The quantitative estimate of drug-likeness (QED) is 0.835. The van der Waals surface area contributed by atoms with E-state index in [0.717, 1.165) is 6.54 Å². The van der Waals surface area contributed by atoms with E-state index in [1.54, 1.807) is 6.07 Å². The van der Waals surface area contributed by atoms with Crippen LogP contribution < -0.4 is 5.32 Å². The smallest absolute Gasteiger partial charge is 0.115 e. The van der Waals surface area contributed by atoms with Crippen LogP contribution in [0.4, 0.5) is 0 Å². The summed E-state index contributed by atoms with van der Waals surface area (Å²) in [7, 11) is 0. The van der Waals surface area contributed by atoms with Crippen molar-refractivity contribution in [1.82, 2.24) is 5.32 Å². The summed E-state index contributed by atoms with van der Waals surface area (Å²) < 4.78 is 0. The van der Waals surface area contributed by atoms with E-state index >= 15 is 0 Å². The van der Waals surface area contributed by atoms with Gasteiger partial charge < -0.3 is 10.4 Å². The molecule has 0 saturated heterocycles. The first-order valence-corrected chi connectivity index (χ1v) is 6.83. The van der Waals surface area contributed by atoms with Crippen molar-refractivity contribution < 1.29 is 5.11 Å². The third-order valence-electron chi connectivity index (χ3n) is 3.72. The molecule has 0 unspecified atom stereocenters. The highest BCUT2D eigenvalue weighted by atomic mass is 16.3. The first-order chi connectivity index (χ1) is 8.31. The number of nitrogens with one attached hydrogen (secondary N) is 1. The Kier molecular flexibility index (Phi) is 4.43. The van der Waals surface area contributed by atoms with Gasteiger partial charge in [0.25, 0.3) is 0 Å². The molecule has 94 valence electrons. The van der Waals surface area contributed by atoms with Gasteiger partial charge >= 0.3 is 0 Å². The molecule has 1 aromatic carbocycles. The molecule has 1 fully saturated rings. The van der Waals surface area contributed by atoms with Gasteiger partial charge in [-0.15, -0.1) is 0 Å². The van der Waals surface area contributed by atoms with Crippen molar-refractivity contribution in [3.8, 4) is 5.75 Å². The van der Waals surface area contributed by atoms with Crippen LogP contribution in [0.5, 0.6) is 5.75 Å². The number of hydrogen-bond acceptors (Lipinski definition) is 2. The van der Waals surface area contributed by atoms with Crippen LogP contribution in [-0.2, 0) is 0 Å². The molecule has 1 aliphatic carbocycles. The number of phenols is 1. The largest absolute Gasteiger partial charge is 0.508 e. The lowest BCUT2D eigenvalue weighted by Crippen LogP contribution is -2.37. The van der Waals surface area contributed by atoms with E-state index in [0.29, 0.717) is 17.7 Å². The van der Waals surface area contributed by atoms with Crippen LogP contribution in [0.15, 0.2) is 24.3 Å². The number of benzene rings is 1. The fourth-order valence-electron chi connectivity index (χ4n) is 2.86. The van der Waals surface area contributed by atoms with E-state index in [2.05, 4.69) is 18.3 Å². The van der Waals surface area contributed by atoms with Gasteiger partial charge in [0.05, 0.1) is 0 Å². The summed E-state index contributed by atoms with van der Waals surface area (Å²) in [4.78, 5) is 0. The number of rotatable bonds is 4. The fourth-order valence-corrected chi connectivity index (χ4v) is 2.86. The standard InChI is InChI=1S/C15H23NO/c1-2-10-16-15-9-4-3-8-14(15)12-6-5-7-13(17)11-12/h5-7,11,14-17H,2-4,8-10H2,1H3/t14-,15-/m0/s1.